The molecule has 2 fully saturated rings. The van der Waals surface area contributed by atoms with Crippen LogP contribution in [0.25, 0.3) is 0 Å². The topological polar surface area (TPSA) is 68.2 Å². The molecule has 1 aliphatic carbocycles. The van der Waals surface area contributed by atoms with Gasteiger partial charge >= 0.3 is 6.03 Å². The van der Waals surface area contributed by atoms with Crippen molar-refractivity contribution < 1.29 is 9.53 Å². The van der Waals surface area contributed by atoms with E-state index in [0.717, 1.165) is 38.8 Å². The van der Waals surface area contributed by atoms with Gasteiger partial charge in [0.2, 0.25) is 0 Å². The summed E-state index contributed by atoms with van der Waals surface area (Å²) in [7, 11) is 0. The second-order valence-corrected chi connectivity index (χ2v) is 6.59. The molecule has 0 unspecified atom stereocenters. The Hall–Kier alpha value is -1.56. The molecule has 2 aliphatic rings. The first kappa shape index (κ1) is 15.3. The molecule has 2 amide bonds. The summed E-state index contributed by atoms with van der Waals surface area (Å²) in [6.45, 7) is 4.43. The molecule has 122 valence electrons. The van der Waals surface area contributed by atoms with Crippen LogP contribution in [0.4, 0.5) is 4.79 Å². The number of carbonyl (C=O) groups excluding carboxylic acids is 1. The Kier molecular flexibility index (Phi) is 4.97. The van der Waals surface area contributed by atoms with Crippen molar-refractivity contribution in [3.8, 4) is 0 Å². The van der Waals surface area contributed by atoms with Crippen molar-refractivity contribution in [3.63, 3.8) is 0 Å². The smallest absolute Gasteiger partial charge is 0.315 e. The molecule has 4 atom stereocenters. The van der Waals surface area contributed by atoms with Crippen molar-refractivity contribution >= 4 is 6.03 Å². The Morgan fingerprint density at radius 2 is 2.36 bits per heavy atom. The van der Waals surface area contributed by atoms with Gasteiger partial charge in [0.1, 0.15) is 0 Å². The Bertz CT molecular complexity index is 477. The minimum atomic E-state index is -0.0511. The molecule has 6 nitrogen and oxygen atoms in total. The Balaban J connectivity index is 1.40. The van der Waals surface area contributed by atoms with E-state index < -0.39 is 0 Å². The minimum Gasteiger partial charge on any atom is -0.378 e. The van der Waals surface area contributed by atoms with Gasteiger partial charge < -0.3 is 15.4 Å². The van der Waals surface area contributed by atoms with E-state index in [9.17, 15) is 4.79 Å². The maximum atomic E-state index is 12.1. The molecular formula is C16H26N4O2. The van der Waals surface area contributed by atoms with E-state index in [4.69, 9.17) is 4.74 Å². The normalized spacial score (nSPS) is 28.9. The highest BCUT2D eigenvalue weighted by molar-refractivity contribution is 5.74. The van der Waals surface area contributed by atoms with Crippen LogP contribution >= 0.6 is 0 Å². The maximum absolute atomic E-state index is 12.1. The monoisotopic (exact) mass is 306 g/mol. The lowest BCUT2D eigenvalue weighted by Crippen LogP contribution is -2.49. The molecule has 0 radical (unpaired) electrons. The number of urea groups is 1. The van der Waals surface area contributed by atoms with Crippen LogP contribution in [0.2, 0.25) is 0 Å². The average molecular weight is 306 g/mol. The van der Waals surface area contributed by atoms with Gasteiger partial charge in [-0.15, -0.1) is 0 Å². The van der Waals surface area contributed by atoms with Gasteiger partial charge in [-0.25, -0.2) is 4.79 Å². The molecule has 1 aliphatic heterocycles. The van der Waals surface area contributed by atoms with E-state index in [2.05, 4.69) is 22.7 Å². The Morgan fingerprint density at radius 3 is 3.18 bits per heavy atom. The van der Waals surface area contributed by atoms with E-state index in [-0.39, 0.29) is 12.1 Å². The van der Waals surface area contributed by atoms with Gasteiger partial charge in [-0.2, -0.15) is 5.10 Å². The maximum Gasteiger partial charge on any atom is 0.315 e. The van der Waals surface area contributed by atoms with Crippen molar-refractivity contribution in [2.45, 2.75) is 51.3 Å². The molecule has 0 spiro atoms. The molecule has 1 saturated carbocycles. The van der Waals surface area contributed by atoms with E-state index in [1.807, 2.05) is 16.9 Å². The van der Waals surface area contributed by atoms with Crippen molar-refractivity contribution in [3.05, 3.63) is 18.5 Å². The van der Waals surface area contributed by atoms with Gasteiger partial charge in [-0.1, -0.05) is 6.92 Å². The number of rotatable bonds is 5. The van der Waals surface area contributed by atoms with Crippen LogP contribution in [0, 0.1) is 11.8 Å². The average Bonchev–Trinajstić information content (AvgIpc) is 3.16. The van der Waals surface area contributed by atoms with Gasteiger partial charge in [0.15, 0.2) is 0 Å². The standard InChI is InChI=1S/C16H26N4O2/c1-12(11-20-8-3-7-18-20)10-17-16(21)19-14-4-2-5-15-13(14)6-9-22-15/h3,7-8,12-15H,2,4-6,9-11H2,1H3,(H2,17,19,21)/t12-,13-,14-,15+/m1/s1. The molecule has 0 aromatic carbocycles. The predicted molar refractivity (Wildman–Crippen MR) is 83.4 cm³/mol. The molecule has 2 heterocycles. The van der Waals surface area contributed by atoms with E-state index in [1.54, 1.807) is 6.20 Å². The molecule has 3 rings (SSSR count). The highest BCUT2D eigenvalue weighted by atomic mass is 16.5. The first-order valence-corrected chi connectivity index (χ1v) is 8.36. The summed E-state index contributed by atoms with van der Waals surface area (Å²) < 4.78 is 7.64. The zero-order valence-electron chi connectivity index (χ0n) is 13.2. The largest absolute Gasteiger partial charge is 0.378 e. The molecule has 0 bridgehead atoms. The van der Waals surface area contributed by atoms with Crippen molar-refractivity contribution in [1.29, 1.82) is 0 Å². The van der Waals surface area contributed by atoms with Gasteiger partial charge in [0.25, 0.3) is 0 Å². The Labute approximate surface area is 131 Å². The second kappa shape index (κ2) is 7.13. The van der Waals surface area contributed by atoms with Crippen molar-refractivity contribution in [2.75, 3.05) is 13.2 Å². The molecule has 22 heavy (non-hydrogen) atoms. The zero-order chi connectivity index (χ0) is 15.4. The van der Waals surface area contributed by atoms with Crippen LogP contribution in [0.3, 0.4) is 0 Å². The van der Waals surface area contributed by atoms with Crippen LogP contribution in [-0.2, 0) is 11.3 Å². The second-order valence-electron chi connectivity index (χ2n) is 6.59. The lowest BCUT2D eigenvalue weighted by Gasteiger charge is -2.33. The molecule has 1 aromatic heterocycles. The van der Waals surface area contributed by atoms with Crippen LogP contribution in [0.1, 0.15) is 32.6 Å². The third-order valence-electron chi connectivity index (χ3n) is 4.77. The zero-order valence-corrected chi connectivity index (χ0v) is 13.2. The van der Waals surface area contributed by atoms with Crippen LogP contribution in [0.5, 0.6) is 0 Å². The quantitative estimate of drug-likeness (QED) is 0.871. The van der Waals surface area contributed by atoms with Crippen LogP contribution < -0.4 is 10.6 Å². The fourth-order valence-corrected chi connectivity index (χ4v) is 3.63. The van der Waals surface area contributed by atoms with Crippen molar-refractivity contribution in [2.24, 2.45) is 11.8 Å². The van der Waals surface area contributed by atoms with Gasteiger partial charge in [0, 0.05) is 44.0 Å². The first-order chi connectivity index (χ1) is 10.7. The number of hydrogen-bond acceptors (Lipinski definition) is 3. The third kappa shape index (κ3) is 3.80. The van der Waals surface area contributed by atoms with Crippen LogP contribution in [0.15, 0.2) is 18.5 Å². The highest BCUT2D eigenvalue weighted by Gasteiger charge is 2.38. The molecule has 2 N–H and O–H groups in total. The fraction of sp³-hybridized carbons (Fsp3) is 0.750. The summed E-state index contributed by atoms with van der Waals surface area (Å²) in [4.78, 5) is 12.1. The SMILES string of the molecule is C[C@H](CNC(=O)N[C@@H]1CCC[C@@H]2OCC[C@@H]21)Cn1cccn1. The number of carbonyl (C=O) groups is 1. The number of aromatic nitrogens is 2. The summed E-state index contributed by atoms with van der Waals surface area (Å²) >= 11 is 0. The highest BCUT2D eigenvalue weighted by Crippen LogP contribution is 2.34. The first-order valence-electron chi connectivity index (χ1n) is 8.36. The minimum absolute atomic E-state index is 0.0511. The van der Waals surface area contributed by atoms with Gasteiger partial charge in [-0.05, 0) is 37.7 Å². The summed E-state index contributed by atoms with van der Waals surface area (Å²) in [5.74, 6) is 0.848. The molecule has 1 aromatic rings. The summed E-state index contributed by atoms with van der Waals surface area (Å²) in [6.07, 6.45) is 8.51. The lowest BCUT2D eigenvalue weighted by atomic mass is 9.82. The van der Waals surface area contributed by atoms with Gasteiger partial charge in [-0.3, -0.25) is 4.68 Å². The number of nitrogens with zero attached hydrogens (tertiary/aromatic N) is 2. The number of ether oxygens (including phenoxy) is 1. The van der Waals surface area contributed by atoms with Crippen LogP contribution in [-0.4, -0.2) is 41.1 Å². The predicted octanol–water partition coefficient (Wildman–Crippen LogP) is 1.78. The molecule has 6 heteroatoms. The number of hydrogen-bond donors (Lipinski definition) is 2. The van der Waals surface area contributed by atoms with E-state index >= 15 is 0 Å². The Morgan fingerprint density at radius 1 is 1.45 bits per heavy atom. The van der Waals surface area contributed by atoms with Gasteiger partial charge in [0.05, 0.1) is 6.10 Å². The molecule has 1 saturated heterocycles. The van der Waals surface area contributed by atoms with E-state index in [1.165, 1.54) is 0 Å². The van der Waals surface area contributed by atoms with E-state index in [0.29, 0.717) is 24.5 Å². The third-order valence-corrected chi connectivity index (χ3v) is 4.77. The number of fused-ring (bicyclic) bond motifs is 1. The number of amides is 2. The summed E-state index contributed by atoms with van der Waals surface area (Å²) in [5.41, 5.74) is 0. The van der Waals surface area contributed by atoms with Crippen molar-refractivity contribution in [1.82, 2.24) is 20.4 Å². The summed E-state index contributed by atoms with van der Waals surface area (Å²) in [6, 6.07) is 2.13. The molecular weight excluding hydrogens is 280 g/mol. The summed E-state index contributed by atoms with van der Waals surface area (Å²) in [5, 5.41) is 10.3. The lowest BCUT2D eigenvalue weighted by molar-refractivity contribution is 0.0549. The number of nitrogens with one attached hydrogen (secondary N) is 2. The fourth-order valence-electron chi connectivity index (χ4n) is 3.63.